The summed E-state index contributed by atoms with van der Waals surface area (Å²) in [6, 6.07) is 7.69. The van der Waals surface area contributed by atoms with Crippen LogP contribution in [0.15, 0.2) is 24.3 Å². The summed E-state index contributed by atoms with van der Waals surface area (Å²) in [6.45, 7) is 2.63. The Morgan fingerprint density at radius 2 is 1.89 bits per heavy atom. The van der Waals surface area contributed by atoms with Gasteiger partial charge in [-0.25, -0.2) is 0 Å². The molecule has 0 bridgehead atoms. The fraction of sp³-hybridized carbons (Fsp3) is 0.562. The molecule has 0 aliphatic heterocycles. The van der Waals surface area contributed by atoms with Crippen molar-refractivity contribution in [2.45, 2.75) is 52.2 Å². The van der Waals surface area contributed by atoms with E-state index in [0.29, 0.717) is 6.54 Å². The molecule has 2 rings (SSSR count). The molecule has 1 saturated carbocycles. The van der Waals surface area contributed by atoms with E-state index in [1.54, 1.807) is 0 Å². The molecule has 0 atom stereocenters. The molecular weight excluding hydrogens is 238 g/mol. The van der Waals surface area contributed by atoms with Crippen molar-refractivity contribution >= 4 is 5.91 Å². The van der Waals surface area contributed by atoms with Crippen molar-refractivity contribution in [2.75, 3.05) is 0 Å². The lowest BCUT2D eigenvalue weighted by Crippen LogP contribution is -2.38. The average Bonchev–Trinajstić information content (AvgIpc) is 2.95. The smallest absolute Gasteiger partial charge is 0.226 e. The second-order valence-electron chi connectivity index (χ2n) is 5.45. The Balaban J connectivity index is 2.00. The van der Waals surface area contributed by atoms with Crippen LogP contribution in [0, 0.1) is 5.41 Å². The van der Waals surface area contributed by atoms with Gasteiger partial charge >= 0.3 is 0 Å². The number of hydrogen-bond acceptors (Lipinski definition) is 2. The van der Waals surface area contributed by atoms with Crippen molar-refractivity contribution in [3.63, 3.8) is 0 Å². The first kappa shape index (κ1) is 14.1. The van der Waals surface area contributed by atoms with E-state index in [2.05, 4.69) is 12.2 Å². The quantitative estimate of drug-likeness (QED) is 0.856. The van der Waals surface area contributed by atoms with Crippen LogP contribution >= 0.6 is 0 Å². The molecule has 0 unspecified atom stereocenters. The third kappa shape index (κ3) is 2.98. The number of aliphatic hydroxyl groups is 1. The third-order valence-corrected chi connectivity index (χ3v) is 4.45. The van der Waals surface area contributed by atoms with Crippen LogP contribution in [0.2, 0.25) is 0 Å². The molecule has 0 aromatic heterocycles. The molecule has 0 heterocycles. The van der Waals surface area contributed by atoms with Crippen molar-refractivity contribution in [2.24, 2.45) is 5.41 Å². The monoisotopic (exact) mass is 261 g/mol. The Hall–Kier alpha value is -1.35. The predicted molar refractivity (Wildman–Crippen MR) is 75.4 cm³/mol. The second kappa shape index (κ2) is 6.20. The minimum absolute atomic E-state index is 0.0188. The van der Waals surface area contributed by atoms with Crippen molar-refractivity contribution in [3.05, 3.63) is 35.4 Å². The van der Waals surface area contributed by atoms with Crippen LogP contribution in [0.3, 0.4) is 0 Å². The van der Waals surface area contributed by atoms with Gasteiger partial charge in [0.25, 0.3) is 0 Å². The van der Waals surface area contributed by atoms with Crippen molar-refractivity contribution in [3.8, 4) is 0 Å². The summed E-state index contributed by atoms with van der Waals surface area (Å²) in [5.74, 6) is 0.181. The fourth-order valence-corrected chi connectivity index (χ4v) is 3.04. The maximum atomic E-state index is 12.4. The Bertz CT molecular complexity index is 436. The highest BCUT2D eigenvalue weighted by Crippen LogP contribution is 2.41. The first-order valence-corrected chi connectivity index (χ1v) is 7.18. The Kier molecular flexibility index (Phi) is 4.59. The molecule has 1 aliphatic carbocycles. The number of hydrogen-bond donors (Lipinski definition) is 2. The van der Waals surface area contributed by atoms with E-state index < -0.39 is 0 Å². The van der Waals surface area contributed by atoms with Crippen LogP contribution in [-0.2, 0) is 17.9 Å². The second-order valence-corrected chi connectivity index (χ2v) is 5.45. The van der Waals surface area contributed by atoms with Crippen LogP contribution in [0.25, 0.3) is 0 Å². The molecule has 3 nitrogen and oxygen atoms in total. The highest BCUT2D eigenvalue weighted by molar-refractivity contribution is 5.82. The lowest BCUT2D eigenvalue weighted by Gasteiger charge is -2.26. The van der Waals surface area contributed by atoms with Crippen LogP contribution in [0.4, 0.5) is 0 Å². The lowest BCUT2D eigenvalue weighted by atomic mass is 9.82. The summed E-state index contributed by atoms with van der Waals surface area (Å²) < 4.78 is 0. The summed E-state index contributed by atoms with van der Waals surface area (Å²) in [6.07, 6.45) is 5.26. The average molecular weight is 261 g/mol. The Morgan fingerprint density at radius 3 is 2.47 bits per heavy atom. The molecule has 1 aromatic rings. The maximum absolute atomic E-state index is 12.4. The zero-order valence-electron chi connectivity index (χ0n) is 11.6. The molecule has 1 aliphatic rings. The lowest BCUT2D eigenvalue weighted by molar-refractivity contribution is -0.131. The van der Waals surface area contributed by atoms with Gasteiger partial charge < -0.3 is 10.4 Å². The third-order valence-electron chi connectivity index (χ3n) is 4.45. The molecule has 2 N–H and O–H groups in total. The van der Waals surface area contributed by atoms with Gasteiger partial charge in [0, 0.05) is 12.0 Å². The van der Waals surface area contributed by atoms with Gasteiger partial charge in [-0.3, -0.25) is 4.79 Å². The van der Waals surface area contributed by atoms with Crippen molar-refractivity contribution in [1.82, 2.24) is 5.32 Å². The van der Waals surface area contributed by atoms with Crippen molar-refractivity contribution in [1.29, 1.82) is 0 Å². The normalized spacial score (nSPS) is 17.4. The first-order valence-electron chi connectivity index (χ1n) is 7.18. The summed E-state index contributed by atoms with van der Waals surface area (Å²) in [4.78, 5) is 12.4. The highest BCUT2D eigenvalue weighted by atomic mass is 16.3. The van der Waals surface area contributed by atoms with E-state index in [-0.39, 0.29) is 17.9 Å². The van der Waals surface area contributed by atoms with Gasteiger partial charge in [-0.15, -0.1) is 0 Å². The van der Waals surface area contributed by atoms with E-state index in [4.69, 9.17) is 0 Å². The molecule has 0 saturated heterocycles. The van der Waals surface area contributed by atoms with E-state index >= 15 is 0 Å². The predicted octanol–water partition coefficient (Wildman–Crippen LogP) is 2.77. The molecule has 0 spiro atoms. The molecule has 104 valence electrons. The Morgan fingerprint density at radius 1 is 1.26 bits per heavy atom. The van der Waals surface area contributed by atoms with E-state index in [1.807, 2.05) is 24.3 Å². The molecule has 1 aromatic carbocycles. The van der Waals surface area contributed by atoms with E-state index in [9.17, 15) is 9.90 Å². The summed E-state index contributed by atoms with van der Waals surface area (Å²) in [5, 5.41) is 12.3. The highest BCUT2D eigenvalue weighted by Gasteiger charge is 2.38. The maximum Gasteiger partial charge on any atom is 0.226 e. The van der Waals surface area contributed by atoms with Gasteiger partial charge in [-0.05, 0) is 30.4 Å². The van der Waals surface area contributed by atoms with Gasteiger partial charge in [0.1, 0.15) is 0 Å². The molecule has 19 heavy (non-hydrogen) atoms. The van der Waals surface area contributed by atoms with Gasteiger partial charge in [-0.2, -0.15) is 0 Å². The number of amides is 1. The number of aliphatic hydroxyl groups excluding tert-OH is 1. The zero-order valence-corrected chi connectivity index (χ0v) is 11.6. The fourth-order valence-electron chi connectivity index (χ4n) is 3.04. The zero-order chi connectivity index (χ0) is 13.7. The number of nitrogens with one attached hydrogen (secondary N) is 1. The summed E-state index contributed by atoms with van der Waals surface area (Å²) >= 11 is 0. The van der Waals surface area contributed by atoms with Gasteiger partial charge in [0.2, 0.25) is 5.91 Å². The standard InChI is InChI=1S/C16H23NO2/c1-2-16(9-5-6-10-16)15(19)17-11-13-7-3-4-8-14(13)12-18/h3-4,7-8,18H,2,5-6,9-12H2,1H3,(H,17,19). The molecular formula is C16H23NO2. The Labute approximate surface area is 115 Å². The number of rotatable bonds is 5. The van der Waals surface area contributed by atoms with E-state index in [0.717, 1.165) is 43.2 Å². The largest absolute Gasteiger partial charge is 0.392 e. The van der Waals surface area contributed by atoms with Crippen LogP contribution in [-0.4, -0.2) is 11.0 Å². The van der Waals surface area contributed by atoms with Crippen molar-refractivity contribution < 1.29 is 9.90 Å². The van der Waals surface area contributed by atoms with Crippen LogP contribution < -0.4 is 5.32 Å². The number of carbonyl (C=O) groups excluding carboxylic acids is 1. The first-order chi connectivity index (χ1) is 9.22. The SMILES string of the molecule is CCC1(C(=O)NCc2ccccc2CO)CCCC1. The number of carbonyl (C=O) groups is 1. The van der Waals surface area contributed by atoms with Gasteiger partial charge in [0.05, 0.1) is 6.61 Å². The van der Waals surface area contributed by atoms with Gasteiger partial charge in [-0.1, -0.05) is 44.0 Å². The summed E-state index contributed by atoms with van der Waals surface area (Å²) in [7, 11) is 0. The topological polar surface area (TPSA) is 49.3 Å². The molecule has 0 radical (unpaired) electrons. The minimum atomic E-state index is -0.145. The van der Waals surface area contributed by atoms with Crippen LogP contribution in [0.1, 0.15) is 50.2 Å². The van der Waals surface area contributed by atoms with Crippen LogP contribution in [0.5, 0.6) is 0 Å². The molecule has 3 heteroatoms. The minimum Gasteiger partial charge on any atom is -0.392 e. The number of benzene rings is 1. The van der Waals surface area contributed by atoms with E-state index in [1.165, 1.54) is 0 Å². The molecule has 1 fully saturated rings. The summed E-state index contributed by atoms with van der Waals surface area (Å²) in [5.41, 5.74) is 1.75. The molecule has 1 amide bonds. The van der Waals surface area contributed by atoms with Gasteiger partial charge in [0.15, 0.2) is 0 Å².